The second kappa shape index (κ2) is 9.57. The molecule has 1 heterocycles. The third-order valence-corrected chi connectivity index (χ3v) is 5.50. The van der Waals surface area contributed by atoms with E-state index in [0.717, 1.165) is 0 Å². The number of anilines is 2. The Morgan fingerprint density at radius 2 is 1.74 bits per heavy atom. The Labute approximate surface area is 181 Å². The van der Waals surface area contributed by atoms with Gasteiger partial charge in [-0.3, -0.25) is 9.52 Å². The van der Waals surface area contributed by atoms with Crippen LogP contribution in [0.1, 0.15) is 20.8 Å². The zero-order valence-electron chi connectivity index (χ0n) is 17.5. The molecule has 1 aromatic heterocycles. The Bertz CT molecular complexity index is 1140. The minimum atomic E-state index is -3.80. The second-order valence-electron chi connectivity index (χ2n) is 7.35. The molecular weight excluding hydrogens is 416 g/mol. The van der Waals surface area contributed by atoms with Crippen molar-refractivity contribution in [3.63, 3.8) is 0 Å². The highest BCUT2D eigenvalue weighted by atomic mass is 32.2. The van der Waals surface area contributed by atoms with Crippen LogP contribution in [-0.2, 0) is 14.8 Å². The van der Waals surface area contributed by atoms with Crippen molar-refractivity contribution in [3.8, 4) is 17.1 Å². The minimum absolute atomic E-state index is 0.0819. The van der Waals surface area contributed by atoms with Gasteiger partial charge >= 0.3 is 0 Å². The molecule has 0 aliphatic heterocycles. The highest BCUT2D eigenvalue weighted by Gasteiger charge is 2.15. The van der Waals surface area contributed by atoms with Gasteiger partial charge in [0, 0.05) is 29.9 Å². The molecule has 0 radical (unpaired) electrons. The molecule has 0 aliphatic carbocycles. The lowest BCUT2D eigenvalue weighted by molar-refractivity contribution is -0.114. The summed E-state index contributed by atoms with van der Waals surface area (Å²) in [5.74, 6) is 0.595. The molecule has 8 nitrogen and oxygen atoms in total. The van der Waals surface area contributed by atoms with Gasteiger partial charge in [-0.15, -0.1) is 10.2 Å². The molecule has 9 heteroatoms. The molecule has 162 valence electrons. The van der Waals surface area contributed by atoms with Crippen molar-refractivity contribution in [2.75, 3.05) is 16.6 Å². The summed E-state index contributed by atoms with van der Waals surface area (Å²) in [5.41, 5.74) is 2.22. The van der Waals surface area contributed by atoms with Crippen LogP contribution in [0.4, 0.5) is 11.4 Å². The lowest BCUT2D eigenvalue weighted by atomic mass is 10.1. The Kier molecular flexibility index (Phi) is 6.86. The maximum absolute atomic E-state index is 12.7. The minimum Gasteiger partial charge on any atom is -0.476 e. The van der Waals surface area contributed by atoms with E-state index in [9.17, 15) is 13.2 Å². The van der Waals surface area contributed by atoms with Crippen LogP contribution in [-0.4, -0.2) is 31.1 Å². The molecule has 0 bridgehead atoms. The summed E-state index contributed by atoms with van der Waals surface area (Å²) in [4.78, 5) is 11.2. The van der Waals surface area contributed by atoms with Crippen molar-refractivity contribution in [3.05, 3.63) is 60.7 Å². The second-order valence-corrected chi connectivity index (χ2v) is 9.04. The van der Waals surface area contributed by atoms with Crippen molar-refractivity contribution in [2.45, 2.75) is 25.7 Å². The van der Waals surface area contributed by atoms with Crippen LogP contribution in [0.25, 0.3) is 11.3 Å². The van der Waals surface area contributed by atoms with E-state index in [4.69, 9.17) is 4.74 Å². The summed E-state index contributed by atoms with van der Waals surface area (Å²) >= 11 is 0. The van der Waals surface area contributed by atoms with Gasteiger partial charge in [0.25, 0.3) is 10.0 Å². The molecule has 0 saturated carbocycles. The Balaban J connectivity index is 1.74. The van der Waals surface area contributed by atoms with E-state index in [0.29, 0.717) is 41.0 Å². The van der Waals surface area contributed by atoms with Gasteiger partial charge < -0.3 is 10.1 Å². The van der Waals surface area contributed by atoms with Gasteiger partial charge in [0.2, 0.25) is 11.8 Å². The molecular formula is C22H24N4O4S. The number of hydrogen-bond acceptors (Lipinski definition) is 6. The molecule has 2 aromatic carbocycles. The number of aromatic nitrogens is 2. The molecule has 0 unspecified atom stereocenters. The van der Waals surface area contributed by atoms with Crippen LogP contribution in [0.15, 0.2) is 65.6 Å². The Morgan fingerprint density at radius 1 is 1.00 bits per heavy atom. The molecule has 3 rings (SSSR count). The molecule has 0 spiro atoms. The van der Waals surface area contributed by atoms with Crippen LogP contribution in [0.5, 0.6) is 5.88 Å². The number of amides is 1. The smallest absolute Gasteiger partial charge is 0.261 e. The number of nitrogens with one attached hydrogen (secondary N) is 2. The van der Waals surface area contributed by atoms with E-state index >= 15 is 0 Å². The van der Waals surface area contributed by atoms with Gasteiger partial charge in [-0.2, -0.15) is 0 Å². The zero-order valence-corrected chi connectivity index (χ0v) is 18.3. The van der Waals surface area contributed by atoms with E-state index in [1.54, 1.807) is 30.3 Å². The van der Waals surface area contributed by atoms with Crippen molar-refractivity contribution >= 4 is 27.3 Å². The molecule has 0 atom stereocenters. The van der Waals surface area contributed by atoms with Gasteiger partial charge in [-0.05, 0) is 48.4 Å². The van der Waals surface area contributed by atoms with Gasteiger partial charge in [-0.25, -0.2) is 8.42 Å². The van der Waals surface area contributed by atoms with Crippen LogP contribution in [0.2, 0.25) is 0 Å². The maximum Gasteiger partial charge on any atom is 0.261 e. The number of carbonyl (C=O) groups excluding carboxylic acids is 1. The first-order valence-corrected chi connectivity index (χ1v) is 11.2. The van der Waals surface area contributed by atoms with E-state index < -0.39 is 10.0 Å². The fourth-order valence-electron chi connectivity index (χ4n) is 2.68. The summed E-state index contributed by atoms with van der Waals surface area (Å²) in [6, 6.07) is 16.3. The average Bonchev–Trinajstić information content (AvgIpc) is 2.72. The lowest BCUT2D eigenvalue weighted by Gasteiger charge is -2.11. The predicted octanol–water partition coefficient (Wildman–Crippen LogP) is 3.94. The molecule has 0 saturated heterocycles. The predicted molar refractivity (Wildman–Crippen MR) is 119 cm³/mol. The van der Waals surface area contributed by atoms with Crippen molar-refractivity contribution in [1.82, 2.24) is 10.2 Å². The molecule has 1 amide bonds. The van der Waals surface area contributed by atoms with E-state index in [-0.39, 0.29) is 10.8 Å². The fourth-order valence-corrected chi connectivity index (χ4v) is 3.73. The SMILES string of the molecule is CC(=O)Nc1ccc(S(=O)(=O)Nc2cccc(-c3ccc(OCC(C)C)nn3)c2)cc1. The summed E-state index contributed by atoms with van der Waals surface area (Å²) < 4.78 is 33.5. The van der Waals surface area contributed by atoms with E-state index in [1.807, 2.05) is 19.9 Å². The summed E-state index contributed by atoms with van der Waals surface area (Å²) in [6.45, 7) is 6.03. The fraction of sp³-hybridized carbons (Fsp3) is 0.227. The van der Waals surface area contributed by atoms with Crippen molar-refractivity contribution < 1.29 is 17.9 Å². The number of benzene rings is 2. The van der Waals surface area contributed by atoms with Crippen molar-refractivity contribution in [2.24, 2.45) is 5.92 Å². The average molecular weight is 441 g/mol. The number of ether oxygens (including phenoxy) is 1. The van der Waals surface area contributed by atoms with Gasteiger partial charge in [0.05, 0.1) is 17.2 Å². The normalized spacial score (nSPS) is 11.2. The third kappa shape index (κ3) is 6.26. The Hall–Kier alpha value is -3.46. The largest absolute Gasteiger partial charge is 0.476 e. The molecule has 3 aromatic rings. The third-order valence-electron chi connectivity index (χ3n) is 4.10. The van der Waals surface area contributed by atoms with Gasteiger partial charge in [0.1, 0.15) is 0 Å². The molecule has 2 N–H and O–H groups in total. The highest BCUT2D eigenvalue weighted by Crippen LogP contribution is 2.24. The summed E-state index contributed by atoms with van der Waals surface area (Å²) in [7, 11) is -3.80. The number of nitrogens with zero attached hydrogens (tertiary/aromatic N) is 2. The van der Waals surface area contributed by atoms with Gasteiger partial charge in [-0.1, -0.05) is 26.0 Å². The molecule has 0 fully saturated rings. The first kappa shape index (κ1) is 22.2. The first-order valence-electron chi connectivity index (χ1n) is 9.70. The van der Waals surface area contributed by atoms with Crippen LogP contribution in [0.3, 0.4) is 0 Å². The summed E-state index contributed by atoms with van der Waals surface area (Å²) in [6.07, 6.45) is 0. The van der Waals surface area contributed by atoms with Crippen LogP contribution in [0, 0.1) is 5.92 Å². The maximum atomic E-state index is 12.7. The Morgan fingerprint density at radius 3 is 2.35 bits per heavy atom. The molecule has 31 heavy (non-hydrogen) atoms. The summed E-state index contributed by atoms with van der Waals surface area (Å²) in [5, 5.41) is 10.8. The monoisotopic (exact) mass is 440 g/mol. The standard InChI is InChI=1S/C22H24N4O4S/c1-15(2)14-30-22-12-11-21(24-25-22)17-5-4-6-19(13-17)26-31(28,29)20-9-7-18(8-10-20)23-16(3)27/h4-13,15,26H,14H2,1-3H3,(H,23,27). The van der Waals surface area contributed by atoms with Crippen molar-refractivity contribution in [1.29, 1.82) is 0 Å². The van der Waals surface area contributed by atoms with Crippen LogP contribution < -0.4 is 14.8 Å². The van der Waals surface area contributed by atoms with E-state index in [1.165, 1.54) is 31.2 Å². The molecule has 0 aliphatic rings. The lowest BCUT2D eigenvalue weighted by Crippen LogP contribution is -2.13. The number of sulfonamides is 1. The number of rotatable bonds is 8. The first-order chi connectivity index (χ1) is 14.7. The van der Waals surface area contributed by atoms with Gasteiger partial charge in [0.15, 0.2) is 0 Å². The highest BCUT2D eigenvalue weighted by molar-refractivity contribution is 7.92. The number of carbonyl (C=O) groups is 1. The topological polar surface area (TPSA) is 110 Å². The van der Waals surface area contributed by atoms with Crippen LogP contribution >= 0.6 is 0 Å². The van der Waals surface area contributed by atoms with E-state index in [2.05, 4.69) is 20.2 Å². The quantitative estimate of drug-likeness (QED) is 0.549. The zero-order chi connectivity index (χ0) is 22.4. The number of hydrogen-bond donors (Lipinski definition) is 2.